The molecule has 144 valence electrons. The molecule has 3 aromatic rings. The largest absolute Gasteiger partial charge is 0.408 e. The first-order valence-corrected chi connectivity index (χ1v) is 10.3. The van der Waals surface area contributed by atoms with Crippen LogP contribution in [0.15, 0.2) is 58.2 Å². The SMILES string of the molecule is O=C(CS(=O)(=O)c1nnc(-c2ccccc2F)o1)N1CCCc2ccccc21. The smallest absolute Gasteiger partial charge is 0.336 e. The number of nitrogens with zero attached hydrogens (tertiary/aromatic N) is 3. The van der Waals surface area contributed by atoms with Crippen molar-refractivity contribution in [2.24, 2.45) is 0 Å². The number of anilines is 1. The zero-order chi connectivity index (χ0) is 19.7. The molecule has 0 N–H and O–H groups in total. The molecule has 1 aliphatic rings. The summed E-state index contributed by atoms with van der Waals surface area (Å²) in [6, 6.07) is 13.0. The van der Waals surface area contributed by atoms with Crippen LogP contribution in [0.2, 0.25) is 0 Å². The Balaban J connectivity index is 1.57. The van der Waals surface area contributed by atoms with Crippen molar-refractivity contribution < 1.29 is 22.0 Å². The lowest BCUT2D eigenvalue weighted by atomic mass is 10.0. The number of carbonyl (C=O) groups excluding carboxylic acids is 1. The summed E-state index contributed by atoms with van der Waals surface area (Å²) >= 11 is 0. The molecule has 7 nitrogen and oxygen atoms in total. The number of carbonyl (C=O) groups is 1. The third-order valence-corrected chi connectivity index (χ3v) is 5.83. The van der Waals surface area contributed by atoms with Crippen molar-refractivity contribution in [3.63, 3.8) is 0 Å². The van der Waals surface area contributed by atoms with Crippen molar-refractivity contribution >= 4 is 21.4 Å². The Bertz CT molecular complexity index is 1140. The Morgan fingerprint density at radius 1 is 1.11 bits per heavy atom. The molecule has 0 unspecified atom stereocenters. The quantitative estimate of drug-likeness (QED) is 0.667. The zero-order valence-electron chi connectivity index (χ0n) is 14.7. The molecule has 0 saturated heterocycles. The highest BCUT2D eigenvalue weighted by Crippen LogP contribution is 2.28. The highest BCUT2D eigenvalue weighted by Gasteiger charge is 2.31. The number of hydrogen-bond donors (Lipinski definition) is 0. The molecule has 0 spiro atoms. The van der Waals surface area contributed by atoms with Crippen molar-refractivity contribution in [1.82, 2.24) is 10.2 Å². The normalized spacial score (nSPS) is 14.0. The number of rotatable bonds is 4. The standard InChI is InChI=1S/C19H16FN3O4S/c20-15-9-3-2-8-14(15)18-21-22-19(27-18)28(25,26)12-17(24)23-11-5-7-13-6-1-4-10-16(13)23/h1-4,6,8-10H,5,7,11-12H2. The van der Waals surface area contributed by atoms with Gasteiger partial charge in [-0.15, -0.1) is 5.10 Å². The zero-order valence-corrected chi connectivity index (χ0v) is 15.5. The Morgan fingerprint density at radius 3 is 2.68 bits per heavy atom. The topological polar surface area (TPSA) is 93.4 Å². The van der Waals surface area contributed by atoms with E-state index in [9.17, 15) is 17.6 Å². The second-order valence-corrected chi connectivity index (χ2v) is 8.26. The van der Waals surface area contributed by atoms with Crippen LogP contribution in [-0.2, 0) is 21.1 Å². The average Bonchev–Trinajstić information content (AvgIpc) is 3.18. The van der Waals surface area contributed by atoms with Gasteiger partial charge in [-0.05, 0) is 36.6 Å². The molecule has 0 bridgehead atoms. The van der Waals surface area contributed by atoms with E-state index in [1.54, 1.807) is 18.2 Å². The van der Waals surface area contributed by atoms with Crippen molar-refractivity contribution in [1.29, 1.82) is 0 Å². The van der Waals surface area contributed by atoms with Crippen LogP contribution in [0.3, 0.4) is 0 Å². The van der Waals surface area contributed by atoms with Crippen molar-refractivity contribution in [2.75, 3.05) is 17.2 Å². The summed E-state index contributed by atoms with van der Waals surface area (Å²) in [5.74, 6) is -2.25. The molecule has 0 atom stereocenters. The molecule has 0 radical (unpaired) electrons. The number of fused-ring (bicyclic) bond motifs is 1. The number of amides is 1. The number of sulfone groups is 1. The summed E-state index contributed by atoms with van der Waals surface area (Å²) in [7, 11) is -4.17. The number of benzene rings is 2. The van der Waals surface area contributed by atoms with Crippen LogP contribution in [0.4, 0.5) is 10.1 Å². The van der Waals surface area contributed by atoms with Crippen LogP contribution < -0.4 is 4.90 Å². The van der Waals surface area contributed by atoms with Crippen LogP contribution in [0, 0.1) is 5.82 Å². The van der Waals surface area contributed by atoms with Crippen LogP contribution >= 0.6 is 0 Å². The van der Waals surface area contributed by atoms with Crippen LogP contribution in [0.1, 0.15) is 12.0 Å². The molecular weight excluding hydrogens is 385 g/mol. The molecule has 28 heavy (non-hydrogen) atoms. The van der Waals surface area contributed by atoms with Gasteiger partial charge in [-0.1, -0.05) is 35.4 Å². The maximum atomic E-state index is 13.8. The van der Waals surface area contributed by atoms with E-state index < -0.39 is 32.5 Å². The molecule has 1 aromatic heterocycles. The lowest BCUT2D eigenvalue weighted by Crippen LogP contribution is -2.39. The number of hydrogen-bond acceptors (Lipinski definition) is 6. The molecule has 0 fully saturated rings. The van der Waals surface area contributed by atoms with Gasteiger partial charge in [0.2, 0.25) is 15.7 Å². The van der Waals surface area contributed by atoms with Gasteiger partial charge in [0.25, 0.3) is 5.89 Å². The van der Waals surface area contributed by atoms with E-state index in [0.717, 1.165) is 18.4 Å². The molecule has 0 saturated carbocycles. The maximum absolute atomic E-state index is 13.8. The van der Waals surface area contributed by atoms with E-state index in [1.165, 1.54) is 23.1 Å². The van der Waals surface area contributed by atoms with Crippen molar-refractivity contribution in [3.8, 4) is 11.5 Å². The van der Waals surface area contributed by atoms with E-state index in [1.807, 2.05) is 12.1 Å². The lowest BCUT2D eigenvalue weighted by molar-refractivity contribution is -0.116. The van der Waals surface area contributed by atoms with Crippen molar-refractivity contribution in [3.05, 3.63) is 59.9 Å². The highest BCUT2D eigenvalue weighted by atomic mass is 32.2. The first-order valence-electron chi connectivity index (χ1n) is 8.65. The van der Waals surface area contributed by atoms with Gasteiger partial charge < -0.3 is 9.32 Å². The number of halogens is 1. The van der Waals surface area contributed by atoms with Crippen LogP contribution in [0.5, 0.6) is 0 Å². The fraction of sp³-hybridized carbons (Fsp3) is 0.211. The van der Waals surface area contributed by atoms with Crippen LogP contribution in [0.25, 0.3) is 11.5 Å². The minimum atomic E-state index is -4.17. The second kappa shape index (κ2) is 7.16. The van der Waals surface area contributed by atoms with Gasteiger partial charge >= 0.3 is 5.22 Å². The van der Waals surface area contributed by atoms with E-state index >= 15 is 0 Å². The van der Waals surface area contributed by atoms with Gasteiger partial charge in [0.15, 0.2) is 0 Å². The van der Waals surface area contributed by atoms with E-state index in [2.05, 4.69) is 10.2 Å². The lowest BCUT2D eigenvalue weighted by Gasteiger charge is -2.29. The minimum absolute atomic E-state index is 0.00673. The highest BCUT2D eigenvalue weighted by molar-refractivity contribution is 7.91. The molecule has 1 amide bonds. The summed E-state index contributed by atoms with van der Waals surface area (Å²) in [5.41, 5.74) is 1.71. The molecule has 2 aromatic carbocycles. The van der Waals surface area contributed by atoms with Gasteiger partial charge in [0.05, 0.1) is 5.56 Å². The predicted octanol–water partition coefficient (Wildman–Crippen LogP) is 2.63. The maximum Gasteiger partial charge on any atom is 0.336 e. The Kier molecular flexibility index (Phi) is 4.68. The molecule has 4 rings (SSSR count). The Labute approximate surface area is 160 Å². The molecule has 2 heterocycles. The van der Waals surface area contributed by atoms with Crippen LogP contribution in [-0.4, -0.2) is 36.8 Å². The fourth-order valence-corrected chi connectivity index (χ4v) is 4.15. The van der Waals surface area contributed by atoms with Gasteiger partial charge in [-0.25, -0.2) is 12.8 Å². The monoisotopic (exact) mass is 401 g/mol. The number of aromatic nitrogens is 2. The summed E-state index contributed by atoms with van der Waals surface area (Å²) in [6.45, 7) is 0.440. The first-order chi connectivity index (χ1) is 13.5. The summed E-state index contributed by atoms with van der Waals surface area (Å²) < 4.78 is 44.2. The third kappa shape index (κ3) is 3.40. The average molecular weight is 401 g/mol. The van der Waals surface area contributed by atoms with Crippen molar-refractivity contribution in [2.45, 2.75) is 18.1 Å². The third-order valence-electron chi connectivity index (χ3n) is 4.50. The number of para-hydroxylation sites is 1. The number of aryl methyl sites for hydroxylation is 1. The van der Waals surface area contributed by atoms with Gasteiger partial charge in [-0.2, -0.15) is 0 Å². The van der Waals surface area contributed by atoms with E-state index in [-0.39, 0.29) is 11.5 Å². The minimum Gasteiger partial charge on any atom is -0.408 e. The predicted molar refractivity (Wildman–Crippen MR) is 98.9 cm³/mol. The summed E-state index contributed by atoms with van der Waals surface area (Å²) in [5, 5.41) is 6.41. The summed E-state index contributed by atoms with van der Waals surface area (Å²) in [6.07, 6.45) is 1.59. The summed E-state index contributed by atoms with van der Waals surface area (Å²) in [4.78, 5) is 14.1. The van der Waals surface area contributed by atoms with Gasteiger partial charge in [0, 0.05) is 12.2 Å². The Morgan fingerprint density at radius 2 is 1.86 bits per heavy atom. The second-order valence-electron chi connectivity index (χ2n) is 6.39. The molecule has 0 aliphatic carbocycles. The van der Waals surface area contributed by atoms with E-state index in [0.29, 0.717) is 12.2 Å². The van der Waals surface area contributed by atoms with Gasteiger partial charge in [-0.3, -0.25) is 4.79 Å². The molecular formula is C19H16FN3O4S. The molecule has 9 heteroatoms. The first kappa shape index (κ1) is 18.3. The fourth-order valence-electron chi connectivity index (χ4n) is 3.17. The Hall–Kier alpha value is -3.07. The van der Waals surface area contributed by atoms with E-state index in [4.69, 9.17) is 4.42 Å². The van der Waals surface area contributed by atoms with Gasteiger partial charge in [0.1, 0.15) is 11.6 Å². The molecule has 1 aliphatic heterocycles.